The lowest BCUT2D eigenvalue weighted by Crippen LogP contribution is -1.88. The predicted octanol–water partition coefficient (Wildman–Crippen LogP) is 1.87. The van der Waals surface area contributed by atoms with Gasteiger partial charge in [-0.15, -0.1) is 0 Å². The molecule has 0 radical (unpaired) electrons. The Morgan fingerprint density at radius 3 is 1.27 bits per heavy atom. The topological polar surface area (TPSA) is 26.3 Å². The van der Waals surface area contributed by atoms with Gasteiger partial charge in [0, 0.05) is 6.92 Å². The number of hydrogen-bond acceptors (Lipinski definition) is 2. The van der Waals surface area contributed by atoms with Crippen molar-refractivity contribution in [3.05, 3.63) is 36.4 Å². The molecular weight excluding hydrogens is 140 g/mol. The molecule has 0 aromatic heterocycles. The van der Waals surface area contributed by atoms with Gasteiger partial charge in [0.1, 0.15) is 0 Å². The molecule has 1 aromatic carbocycles. The first kappa shape index (κ1) is 9.69. The average Bonchev–Trinajstić information content (AvgIpc) is 2.09. The summed E-state index contributed by atoms with van der Waals surface area (Å²) in [5.41, 5.74) is 0. The van der Waals surface area contributed by atoms with Crippen LogP contribution in [0.25, 0.3) is 0 Å². The van der Waals surface area contributed by atoms with E-state index in [1.165, 1.54) is 14.0 Å². The third kappa shape index (κ3) is 8.69. The van der Waals surface area contributed by atoms with Crippen LogP contribution in [-0.2, 0) is 9.53 Å². The second kappa shape index (κ2) is 6.81. The van der Waals surface area contributed by atoms with E-state index in [0.29, 0.717) is 0 Å². The molecule has 1 aromatic rings. The lowest BCUT2D eigenvalue weighted by Gasteiger charge is -1.80. The Kier molecular flexibility index (Phi) is 5.99. The monoisotopic (exact) mass is 152 g/mol. The minimum atomic E-state index is -0.245. The molecule has 60 valence electrons. The van der Waals surface area contributed by atoms with Gasteiger partial charge in [0.25, 0.3) is 0 Å². The van der Waals surface area contributed by atoms with Crippen molar-refractivity contribution in [1.29, 1.82) is 0 Å². The number of rotatable bonds is 0. The first-order valence-electron chi connectivity index (χ1n) is 3.32. The van der Waals surface area contributed by atoms with Gasteiger partial charge in [0.15, 0.2) is 0 Å². The molecule has 0 unspecified atom stereocenters. The van der Waals surface area contributed by atoms with E-state index in [1.807, 2.05) is 36.4 Å². The lowest BCUT2D eigenvalue weighted by molar-refractivity contribution is -0.137. The fraction of sp³-hybridized carbons (Fsp3) is 0.222. The maximum Gasteiger partial charge on any atom is 0.302 e. The Morgan fingerprint density at radius 1 is 1.00 bits per heavy atom. The van der Waals surface area contributed by atoms with Crippen molar-refractivity contribution in [3.8, 4) is 0 Å². The van der Waals surface area contributed by atoms with Gasteiger partial charge in [-0.1, -0.05) is 36.4 Å². The van der Waals surface area contributed by atoms with E-state index in [-0.39, 0.29) is 5.97 Å². The number of benzene rings is 1. The maximum atomic E-state index is 9.59. The van der Waals surface area contributed by atoms with Crippen LogP contribution in [0.4, 0.5) is 0 Å². The van der Waals surface area contributed by atoms with Crippen molar-refractivity contribution in [2.24, 2.45) is 0 Å². The Bertz CT molecular complexity index is 155. The second-order valence-electron chi connectivity index (χ2n) is 1.85. The van der Waals surface area contributed by atoms with Crippen LogP contribution in [-0.4, -0.2) is 13.1 Å². The van der Waals surface area contributed by atoms with Crippen molar-refractivity contribution < 1.29 is 9.53 Å². The number of esters is 1. The minimum absolute atomic E-state index is 0.245. The summed E-state index contributed by atoms with van der Waals surface area (Å²) in [5, 5.41) is 0. The smallest absolute Gasteiger partial charge is 0.302 e. The molecule has 0 N–H and O–H groups in total. The van der Waals surface area contributed by atoms with E-state index in [1.54, 1.807) is 0 Å². The summed E-state index contributed by atoms with van der Waals surface area (Å²) in [6.07, 6.45) is 0. The van der Waals surface area contributed by atoms with E-state index >= 15 is 0 Å². The van der Waals surface area contributed by atoms with Gasteiger partial charge in [-0.05, 0) is 0 Å². The molecule has 0 aliphatic carbocycles. The van der Waals surface area contributed by atoms with Crippen LogP contribution >= 0.6 is 0 Å². The Hall–Kier alpha value is -1.31. The SMILES string of the molecule is COC(C)=O.c1ccccc1. The Morgan fingerprint density at radius 2 is 1.18 bits per heavy atom. The normalized spacial score (nSPS) is 7.45. The van der Waals surface area contributed by atoms with Gasteiger partial charge in [-0.2, -0.15) is 0 Å². The van der Waals surface area contributed by atoms with Crippen LogP contribution in [0.5, 0.6) is 0 Å². The largest absolute Gasteiger partial charge is 0.469 e. The average molecular weight is 152 g/mol. The third-order valence-corrected chi connectivity index (χ3v) is 0.954. The van der Waals surface area contributed by atoms with Gasteiger partial charge < -0.3 is 4.74 Å². The standard InChI is InChI=1S/C6H6.C3H6O2/c1-2-4-6-5-3-1;1-3(4)5-2/h1-6H;1-2H3. The highest BCUT2D eigenvalue weighted by molar-refractivity contribution is 5.65. The van der Waals surface area contributed by atoms with Gasteiger partial charge in [-0.3, -0.25) is 4.79 Å². The number of carbonyl (C=O) groups excluding carboxylic acids is 1. The summed E-state index contributed by atoms with van der Waals surface area (Å²) in [6, 6.07) is 12.0. The molecule has 0 saturated heterocycles. The molecule has 1 rings (SSSR count). The Balaban J connectivity index is 0.000000187. The van der Waals surface area contributed by atoms with Gasteiger partial charge in [-0.25, -0.2) is 0 Å². The molecule has 0 bridgehead atoms. The molecule has 11 heavy (non-hydrogen) atoms. The van der Waals surface area contributed by atoms with E-state index in [9.17, 15) is 4.79 Å². The molecule has 2 nitrogen and oxygen atoms in total. The number of hydrogen-bond donors (Lipinski definition) is 0. The zero-order valence-electron chi connectivity index (χ0n) is 6.78. The summed E-state index contributed by atoms with van der Waals surface area (Å²) < 4.78 is 4.11. The van der Waals surface area contributed by atoms with Crippen LogP contribution in [0.1, 0.15) is 6.92 Å². The van der Waals surface area contributed by atoms with Crippen LogP contribution in [0, 0.1) is 0 Å². The molecular formula is C9H12O2. The van der Waals surface area contributed by atoms with E-state index in [0.717, 1.165) is 0 Å². The highest BCUT2D eigenvalue weighted by Crippen LogP contribution is 1.79. The van der Waals surface area contributed by atoms with Crippen molar-refractivity contribution in [3.63, 3.8) is 0 Å². The third-order valence-electron chi connectivity index (χ3n) is 0.954. The van der Waals surface area contributed by atoms with Crippen molar-refractivity contribution >= 4 is 5.97 Å². The van der Waals surface area contributed by atoms with E-state index in [4.69, 9.17) is 0 Å². The zero-order valence-corrected chi connectivity index (χ0v) is 6.78. The van der Waals surface area contributed by atoms with Crippen molar-refractivity contribution in [2.75, 3.05) is 7.11 Å². The quantitative estimate of drug-likeness (QED) is 0.530. The summed E-state index contributed by atoms with van der Waals surface area (Å²) in [4.78, 5) is 9.59. The van der Waals surface area contributed by atoms with Gasteiger partial charge in [0.2, 0.25) is 0 Å². The minimum Gasteiger partial charge on any atom is -0.469 e. The highest BCUT2D eigenvalue weighted by Gasteiger charge is 1.75. The maximum absolute atomic E-state index is 9.59. The van der Waals surface area contributed by atoms with E-state index in [2.05, 4.69) is 4.74 Å². The molecule has 0 fully saturated rings. The second-order valence-corrected chi connectivity index (χ2v) is 1.85. The molecule has 0 aliphatic heterocycles. The molecule has 0 saturated carbocycles. The van der Waals surface area contributed by atoms with Gasteiger partial charge >= 0.3 is 5.97 Å². The molecule has 0 amide bonds. The van der Waals surface area contributed by atoms with Crippen LogP contribution in [0.15, 0.2) is 36.4 Å². The van der Waals surface area contributed by atoms with Crippen LogP contribution in [0.3, 0.4) is 0 Å². The predicted molar refractivity (Wildman–Crippen MR) is 44.1 cm³/mol. The lowest BCUT2D eigenvalue weighted by atomic mass is 10.4. The first-order valence-corrected chi connectivity index (χ1v) is 3.32. The highest BCUT2D eigenvalue weighted by atomic mass is 16.5. The fourth-order valence-corrected chi connectivity index (χ4v) is 0.385. The number of methoxy groups -OCH3 is 1. The fourth-order valence-electron chi connectivity index (χ4n) is 0.385. The molecule has 2 heteroatoms. The zero-order chi connectivity index (χ0) is 8.53. The molecule has 0 heterocycles. The van der Waals surface area contributed by atoms with Crippen LogP contribution in [0.2, 0.25) is 0 Å². The summed E-state index contributed by atoms with van der Waals surface area (Å²) in [6.45, 7) is 1.36. The van der Waals surface area contributed by atoms with Crippen molar-refractivity contribution in [2.45, 2.75) is 6.92 Å². The number of ether oxygens (including phenoxy) is 1. The van der Waals surface area contributed by atoms with Crippen LogP contribution < -0.4 is 0 Å². The van der Waals surface area contributed by atoms with Crippen molar-refractivity contribution in [1.82, 2.24) is 0 Å². The van der Waals surface area contributed by atoms with Gasteiger partial charge in [0.05, 0.1) is 7.11 Å². The Labute approximate surface area is 66.8 Å². The molecule has 0 spiro atoms. The summed E-state index contributed by atoms with van der Waals surface area (Å²) in [5.74, 6) is -0.245. The molecule has 0 aliphatic rings. The number of carbonyl (C=O) groups is 1. The summed E-state index contributed by atoms with van der Waals surface area (Å²) in [7, 11) is 1.35. The summed E-state index contributed by atoms with van der Waals surface area (Å²) >= 11 is 0. The first-order chi connectivity index (χ1) is 5.27. The molecule has 0 atom stereocenters. The van der Waals surface area contributed by atoms with E-state index < -0.39 is 0 Å².